The zero-order valence-corrected chi connectivity index (χ0v) is 73.1. The number of hydrogen-bond acceptors (Lipinski definition) is 16. The van der Waals surface area contributed by atoms with E-state index in [0.29, 0.717) is 44.5 Å². The highest BCUT2D eigenvalue weighted by Gasteiger charge is 2.40. The van der Waals surface area contributed by atoms with Gasteiger partial charge in [0.1, 0.15) is 46.0 Å². The second-order valence-electron chi connectivity index (χ2n) is 34.5. The van der Waals surface area contributed by atoms with E-state index in [2.05, 4.69) is 0 Å². The van der Waals surface area contributed by atoms with Gasteiger partial charge in [0.2, 0.25) is 0 Å². The van der Waals surface area contributed by atoms with E-state index in [1.54, 1.807) is 194 Å². The van der Waals surface area contributed by atoms with Crippen LogP contribution in [0.15, 0.2) is 243 Å². The van der Waals surface area contributed by atoms with Gasteiger partial charge in [-0.2, -0.15) is 0 Å². The summed E-state index contributed by atoms with van der Waals surface area (Å²) < 4.78 is 55.4. The largest absolute Gasteiger partial charge is 0.422 e. The van der Waals surface area contributed by atoms with Gasteiger partial charge in [-0.1, -0.05) is 197 Å². The first-order valence-electron chi connectivity index (χ1n) is 42.3. The number of esters is 8. The molecule has 1 aliphatic carbocycles. The minimum Gasteiger partial charge on any atom is -0.422 e. The molecule has 124 heavy (non-hydrogen) atoms. The molecule has 16 nitrogen and oxygen atoms in total. The first-order chi connectivity index (χ1) is 59.3. The molecule has 0 fully saturated rings. The lowest BCUT2D eigenvalue weighted by molar-refractivity contribution is 0.0710. The second-order valence-corrected chi connectivity index (χ2v) is 34.5. The minimum absolute atomic E-state index is 0.0742. The Bertz CT molecular complexity index is 4910. The maximum atomic E-state index is 15.5. The van der Waals surface area contributed by atoms with Gasteiger partial charge in [0, 0.05) is 92.4 Å². The zero-order chi connectivity index (χ0) is 88.5. The Morgan fingerprint density at radius 3 is 0.387 bits per heavy atom. The maximum absolute atomic E-state index is 15.5. The van der Waals surface area contributed by atoms with Gasteiger partial charge in [-0.15, -0.1) is 0 Å². The summed E-state index contributed by atoms with van der Waals surface area (Å²) in [4.78, 5) is 124. The topological polar surface area (TPSA) is 210 Å². The van der Waals surface area contributed by atoms with Crippen molar-refractivity contribution in [2.75, 3.05) is 0 Å². The third kappa shape index (κ3) is 21.3. The average Bonchev–Trinajstić information content (AvgIpc) is 0.738. The Balaban J connectivity index is 1.26. The number of hydrogen-bond donors (Lipinski definition) is 0. The fraction of sp³-hybridized carbons (Fsp3) is 0.259. The van der Waals surface area contributed by atoms with Crippen LogP contribution in [0.25, 0.3) is 0 Å². The monoisotopic (exact) mass is 1660 g/mol. The van der Waals surface area contributed by atoms with Crippen LogP contribution in [0.2, 0.25) is 0 Å². The van der Waals surface area contributed by atoms with Crippen LogP contribution in [0.3, 0.4) is 0 Å². The number of carbonyl (C=O) groups is 8. The SMILES string of the molecule is Cc1ccc(C(=O)Oc2cc(OC(=O)c3ccc(C)cc3)c3cc2C(CC(C)C)c2cc(c(OC(=O)c4ccc(C)cc4)cc2OC(=O)c2ccc(C)cc2)C(CC(C)C)c2cc(c(OC(=O)c4ccc(C)cc4)cc2OC(=O)c2ccc(C)cc2)C(CC(C)C)c2cc(c(OC(=O)c4ccc(C)cc4)cc2OC(=O)c2ccc(C)cc2)C3CC(C)C)cc1. The Labute approximate surface area is 725 Å². The lowest BCUT2D eigenvalue weighted by Gasteiger charge is -2.33. The van der Waals surface area contributed by atoms with Crippen LogP contribution in [0.4, 0.5) is 0 Å². The third-order valence-corrected chi connectivity index (χ3v) is 22.3. The van der Waals surface area contributed by atoms with E-state index in [1.807, 2.05) is 135 Å². The number of benzene rings is 12. The molecule has 0 saturated carbocycles. The van der Waals surface area contributed by atoms with Crippen molar-refractivity contribution in [2.24, 2.45) is 23.7 Å². The first kappa shape index (κ1) is 88.2. The smallest absolute Gasteiger partial charge is 0.343 e. The summed E-state index contributed by atoms with van der Waals surface area (Å²) in [5.74, 6) is -12.2. The molecule has 16 heteroatoms. The van der Waals surface area contributed by atoms with Gasteiger partial charge in [-0.3, -0.25) is 0 Å². The lowest BCUT2D eigenvalue weighted by Crippen LogP contribution is -2.21. The molecule has 0 aliphatic heterocycles. The van der Waals surface area contributed by atoms with Crippen molar-refractivity contribution in [3.8, 4) is 46.0 Å². The fourth-order valence-corrected chi connectivity index (χ4v) is 15.6. The van der Waals surface area contributed by atoms with E-state index in [-0.39, 0.29) is 140 Å². The van der Waals surface area contributed by atoms with E-state index in [9.17, 15) is 0 Å². The molecule has 1 aliphatic rings. The molecule has 0 heterocycles. The van der Waals surface area contributed by atoms with Crippen molar-refractivity contribution in [3.63, 3.8) is 0 Å². The van der Waals surface area contributed by atoms with Crippen LogP contribution in [-0.4, -0.2) is 47.8 Å². The quantitative estimate of drug-likeness (QED) is 0.0407. The highest BCUT2D eigenvalue weighted by molar-refractivity contribution is 5.97. The molecule has 0 N–H and O–H groups in total. The van der Waals surface area contributed by atoms with Crippen molar-refractivity contribution < 1.29 is 76.3 Å². The lowest BCUT2D eigenvalue weighted by atomic mass is 9.75. The van der Waals surface area contributed by atoms with Crippen LogP contribution in [0, 0.1) is 79.1 Å². The van der Waals surface area contributed by atoms with E-state index < -0.39 is 71.4 Å². The Morgan fingerprint density at radius 2 is 0.290 bits per heavy atom. The third-order valence-electron chi connectivity index (χ3n) is 22.3. The molecule has 0 saturated heterocycles. The molecule has 13 rings (SSSR count). The predicted octanol–water partition coefficient (Wildman–Crippen LogP) is 24.9. The summed E-state index contributed by atoms with van der Waals surface area (Å²) in [7, 11) is 0. The van der Waals surface area contributed by atoms with Crippen LogP contribution in [-0.2, 0) is 0 Å². The molecule has 12 aromatic carbocycles. The normalized spacial score (nSPS) is 14.2. The zero-order valence-electron chi connectivity index (χ0n) is 73.1. The van der Waals surface area contributed by atoms with Crippen LogP contribution < -0.4 is 37.9 Å². The van der Waals surface area contributed by atoms with Gasteiger partial charge in [-0.25, -0.2) is 38.4 Å². The highest BCUT2D eigenvalue weighted by atomic mass is 16.6. The maximum Gasteiger partial charge on any atom is 0.343 e. The molecule has 0 amide bonds. The molecule has 0 spiro atoms. The molecule has 0 aromatic heterocycles. The molecule has 8 bridgehead atoms. The molecular weight excluding hydrogens is 1550 g/mol. The molecular formula is C108H104O16. The average molecular weight is 1660 g/mol. The van der Waals surface area contributed by atoms with E-state index in [1.165, 1.54) is 24.3 Å². The summed E-state index contributed by atoms with van der Waals surface area (Å²) in [6, 6.07) is 68.7. The Morgan fingerprint density at radius 1 is 0.185 bits per heavy atom. The van der Waals surface area contributed by atoms with E-state index in [4.69, 9.17) is 37.9 Å². The van der Waals surface area contributed by atoms with Gasteiger partial charge in [0.05, 0.1) is 44.5 Å². The summed E-state index contributed by atoms with van der Waals surface area (Å²) in [6.45, 7) is 31.4. The van der Waals surface area contributed by atoms with Gasteiger partial charge in [0.15, 0.2) is 0 Å². The van der Waals surface area contributed by atoms with Gasteiger partial charge >= 0.3 is 47.8 Å². The number of rotatable bonds is 24. The molecule has 0 atom stereocenters. The second kappa shape index (κ2) is 38.6. The minimum atomic E-state index is -1.05. The van der Waals surface area contributed by atoms with Crippen LogP contribution in [0.1, 0.15) is 277 Å². The number of carbonyl (C=O) groups excluding carboxylic acids is 8. The number of fused-ring (bicyclic) bond motifs is 8. The first-order valence-corrected chi connectivity index (χ1v) is 42.3. The number of ether oxygens (including phenoxy) is 8. The van der Waals surface area contributed by atoms with E-state index in [0.717, 1.165) is 44.5 Å². The fourth-order valence-electron chi connectivity index (χ4n) is 15.6. The van der Waals surface area contributed by atoms with Crippen molar-refractivity contribution >= 4 is 47.8 Å². The summed E-state index contributed by atoms with van der Waals surface area (Å²) in [5.41, 5.74) is 11.0. The summed E-state index contributed by atoms with van der Waals surface area (Å²) >= 11 is 0. The number of aryl methyl sites for hydroxylation is 8. The standard InChI is InChI=1S/C108H104O16/c1-61(2)49-81-85-53-87(95(119-103(111)75-37-21-67(11)22-38-75)57-93(85)117-101(109)73-33-17-65(9)18-34-73)82(50-62(3)4)89-55-91(99(123-107(115)79-45-29-71(15)30-46-79)59-97(89)121-105(113)77-41-25-69(13)26-42-77)84(52-64(7)8)92-56-90(98(122-106(114)78-43-27-70(14)28-44-78)60-100(92)124-108(116)80-47-31-72(16)32-48-80)83(51-63(5)6)88-54-86(81)94(118-102(110)74-35-19-66(10)20-36-74)58-96(88)120-104(112)76-39-23-68(12)24-40-76/h17-48,53-64,81-84H,49-52H2,1-16H3. The molecule has 12 aromatic rings. The van der Waals surface area contributed by atoms with Crippen molar-refractivity contribution in [2.45, 2.75) is 160 Å². The Hall–Kier alpha value is -13.6. The van der Waals surface area contributed by atoms with Gasteiger partial charge < -0.3 is 37.9 Å². The summed E-state index contributed by atoms with van der Waals surface area (Å²) in [5, 5.41) is 0. The van der Waals surface area contributed by atoms with Crippen molar-refractivity contribution in [3.05, 3.63) is 376 Å². The molecule has 0 radical (unpaired) electrons. The van der Waals surface area contributed by atoms with Crippen LogP contribution >= 0.6 is 0 Å². The predicted molar refractivity (Wildman–Crippen MR) is 480 cm³/mol. The molecule has 0 unspecified atom stereocenters. The van der Waals surface area contributed by atoms with Gasteiger partial charge in [0.25, 0.3) is 0 Å². The van der Waals surface area contributed by atoms with Gasteiger partial charge in [-0.05, 0) is 226 Å². The summed E-state index contributed by atoms with van der Waals surface area (Å²) in [6.07, 6.45) is 0.737. The van der Waals surface area contributed by atoms with Crippen molar-refractivity contribution in [1.29, 1.82) is 0 Å². The highest BCUT2D eigenvalue weighted by Crippen LogP contribution is 2.55. The van der Waals surface area contributed by atoms with Crippen LogP contribution in [0.5, 0.6) is 46.0 Å². The Kier molecular flexibility index (Phi) is 27.5. The van der Waals surface area contributed by atoms with E-state index >= 15 is 38.4 Å². The molecule has 632 valence electrons. The van der Waals surface area contributed by atoms with Crippen molar-refractivity contribution in [1.82, 2.24) is 0 Å².